The predicted octanol–water partition coefficient (Wildman–Crippen LogP) is 4.61. The number of nitrogens with one attached hydrogen (secondary N) is 1. The summed E-state index contributed by atoms with van der Waals surface area (Å²) in [6.07, 6.45) is -1.19. The van der Waals surface area contributed by atoms with E-state index in [1.165, 1.54) is 18.2 Å². The molecule has 1 N–H and O–H groups in total. The molecule has 2 nitrogen and oxygen atoms in total. The third-order valence-electron chi connectivity index (χ3n) is 4.60. The number of hydrogen-bond donors (Lipinski definition) is 1. The van der Waals surface area contributed by atoms with Crippen LogP contribution in [0.15, 0.2) is 40.9 Å². The van der Waals surface area contributed by atoms with Crippen molar-refractivity contribution >= 4 is 51.1 Å². The van der Waals surface area contributed by atoms with E-state index in [-0.39, 0.29) is 46.8 Å². The fourth-order valence-corrected chi connectivity index (χ4v) is 5.16. The van der Waals surface area contributed by atoms with Crippen LogP contribution < -0.4 is 26.5 Å². The maximum atomic E-state index is 13.7. The molecule has 1 amide bonds. The van der Waals surface area contributed by atoms with Crippen molar-refractivity contribution in [2.45, 2.75) is 36.4 Å². The van der Waals surface area contributed by atoms with E-state index in [4.69, 9.17) is 23.2 Å². The summed E-state index contributed by atoms with van der Waals surface area (Å²) in [6, 6.07) is 7.47. The van der Waals surface area contributed by atoms with E-state index in [0.717, 1.165) is 12.5 Å². The van der Waals surface area contributed by atoms with Gasteiger partial charge in [0.2, 0.25) is 0 Å². The van der Waals surface area contributed by atoms with Crippen LogP contribution in [0.2, 0.25) is 10.0 Å². The molecule has 1 unspecified atom stereocenters. The fraction of sp³-hybridized carbons (Fsp3) is 0.318. The Balaban J connectivity index is 2.31. The number of allylic oxidation sites excluding steroid dienone is 1. The van der Waals surface area contributed by atoms with Crippen LogP contribution in [-0.4, -0.2) is 21.1 Å². The first kappa shape index (κ1) is 26.5. The molecule has 2 aromatic carbocycles. The molecule has 0 saturated carbocycles. The number of carbonyl (C=O) groups excluding carboxylic acids is 1. The van der Waals surface area contributed by atoms with E-state index < -0.39 is 12.1 Å². The van der Waals surface area contributed by atoms with Crippen molar-refractivity contribution in [2.75, 3.05) is 4.93 Å². The fourth-order valence-electron chi connectivity index (χ4n) is 2.95. The molecule has 0 fully saturated rings. The molecule has 0 saturated heterocycles. The Morgan fingerprint density at radius 2 is 1.84 bits per heavy atom. The molecule has 170 valence electrons. The van der Waals surface area contributed by atoms with Gasteiger partial charge in [-0.3, -0.25) is 0 Å². The molecule has 2 rings (SSSR count). The van der Waals surface area contributed by atoms with Gasteiger partial charge >= 0.3 is 156 Å². The van der Waals surface area contributed by atoms with E-state index in [1.807, 2.05) is 6.92 Å². The van der Waals surface area contributed by atoms with Crippen molar-refractivity contribution in [2.24, 2.45) is 0 Å². The molecule has 0 aromatic heterocycles. The second kappa shape index (κ2) is 11.4. The van der Waals surface area contributed by atoms with Crippen LogP contribution in [0.4, 0.5) is 13.2 Å². The summed E-state index contributed by atoms with van der Waals surface area (Å²) >= 11 is 15.0. The molecule has 31 heavy (non-hydrogen) atoms. The van der Waals surface area contributed by atoms with Gasteiger partial charge in [-0.1, -0.05) is 23.2 Å². The average Bonchev–Trinajstić information content (AvgIpc) is 2.69. The number of alkyl halides is 5. The van der Waals surface area contributed by atoms with E-state index in [2.05, 4.69) is 26.2 Å². The molecule has 0 aliphatic carbocycles. The Morgan fingerprint density at radius 3 is 2.32 bits per heavy atom. The number of benzene rings is 2. The van der Waals surface area contributed by atoms with E-state index >= 15 is 0 Å². The quantitative estimate of drug-likeness (QED) is 0.202. The normalized spacial score (nSPS) is 14.1. The van der Waals surface area contributed by atoms with Gasteiger partial charge in [-0.05, 0) is 15.9 Å². The average molecular weight is 650 g/mol. The molecule has 9 heteroatoms. The van der Waals surface area contributed by atoms with Gasteiger partial charge in [0.1, 0.15) is 0 Å². The van der Waals surface area contributed by atoms with Gasteiger partial charge in [0.25, 0.3) is 0 Å². The van der Waals surface area contributed by atoms with E-state index in [1.54, 1.807) is 25.1 Å². The SMILES string of the molecule is CC[C@@H](NC(=O)c1ccc(/C=C/C(c2cc(Cl)c(Br)c(Cl)c2)C(F)(F)F)cc1C)[I-]C. The Bertz CT molecular complexity index is 955. The zero-order valence-electron chi connectivity index (χ0n) is 17.0. The Kier molecular flexibility index (Phi) is 9.73. The van der Waals surface area contributed by atoms with Crippen LogP contribution in [-0.2, 0) is 0 Å². The first-order chi connectivity index (χ1) is 14.5. The first-order valence-electron chi connectivity index (χ1n) is 9.26. The number of hydrogen-bond acceptors (Lipinski definition) is 1. The molecule has 0 radical (unpaired) electrons. The number of halogens is 7. The van der Waals surface area contributed by atoms with Gasteiger partial charge in [0.15, 0.2) is 0 Å². The third-order valence-corrected chi connectivity index (χ3v) is 9.21. The van der Waals surface area contributed by atoms with Crippen molar-refractivity contribution in [1.82, 2.24) is 5.32 Å². The van der Waals surface area contributed by atoms with Crippen LogP contribution in [0.3, 0.4) is 0 Å². The Labute approximate surface area is 209 Å². The summed E-state index contributed by atoms with van der Waals surface area (Å²) in [5, 5.41) is 3.23. The zero-order valence-corrected chi connectivity index (χ0v) is 22.2. The van der Waals surface area contributed by atoms with Crippen LogP contribution in [0.1, 0.15) is 46.3 Å². The van der Waals surface area contributed by atoms with Gasteiger partial charge in [0, 0.05) is 0 Å². The van der Waals surface area contributed by atoms with Crippen molar-refractivity contribution in [3.05, 3.63) is 73.2 Å². The molecule has 0 aliphatic rings. The monoisotopic (exact) mass is 648 g/mol. The topological polar surface area (TPSA) is 29.1 Å². The number of carbonyl (C=O) groups is 1. The van der Waals surface area contributed by atoms with Crippen LogP contribution >= 0.6 is 39.1 Å². The zero-order chi connectivity index (χ0) is 23.3. The van der Waals surface area contributed by atoms with Gasteiger partial charge < -0.3 is 0 Å². The molecule has 0 bridgehead atoms. The Morgan fingerprint density at radius 1 is 1.23 bits per heavy atom. The first-order valence-corrected chi connectivity index (χ1v) is 14.2. The second-order valence-electron chi connectivity index (χ2n) is 6.82. The predicted molar refractivity (Wildman–Crippen MR) is 121 cm³/mol. The maximum absolute atomic E-state index is 13.7. The molecule has 0 spiro atoms. The summed E-state index contributed by atoms with van der Waals surface area (Å²) in [7, 11) is 0. The summed E-state index contributed by atoms with van der Waals surface area (Å²) in [5.74, 6) is -2.04. The summed E-state index contributed by atoms with van der Waals surface area (Å²) in [4.78, 5) is 14.6. The van der Waals surface area contributed by atoms with Crippen molar-refractivity contribution < 1.29 is 39.2 Å². The third kappa shape index (κ3) is 7.11. The molecule has 0 aliphatic heterocycles. The van der Waals surface area contributed by atoms with E-state index in [9.17, 15) is 18.0 Å². The van der Waals surface area contributed by atoms with Gasteiger partial charge in [-0.15, -0.1) is 0 Å². The van der Waals surface area contributed by atoms with Gasteiger partial charge in [0.05, 0.1) is 14.5 Å². The Hall–Kier alpha value is -0.770. The van der Waals surface area contributed by atoms with E-state index in [0.29, 0.717) is 21.2 Å². The summed E-state index contributed by atoms with van der Waals surface area (Å²) < 4.78 is 41.7. The molecule has 2 aromatic rings. The summed E-state index contributed by atoms with van der Waals surface area (Å²) in [5.41, 5.74) is 1.73. The van der Waals surface area contributed by atoms with Crippen LogP contribution in [0.5, 0.6) is 0 Å². The van der Waals surface area contributed by atoms with Crippen molar-refractivity contribution in [3.8, 4) is 0 Å². The number of amides is 1. The molecule has 2 atom stereocenters. The van der Waals surface area contributed by atoms with Gasteiger partial charge in [-0.25, -0.2) is 0 Å². The molecular weight excluding hydrogens is 629 g/mol. The van der Waals surface area contributed by atoms with Crippen molar-refractivity contribution in [3.63, 3.8) is 0 Å². The van der Waals surface area contributed by atoms with Gasteiger partial charge in [-0.2, -0.15) is 0 Å². The second-order valence-corrected chi connectivity index (χ2v) is 11.2. The minimum atomic E-state index is -4.52. The van der Waals surface area contributed by atoms with Crippen molar-refractivity contribution in [1.29, 1.82) is 0 Å². The van der Waals surface area contributed by atoms with Crippen LogP contribution in [0.25, 0.3) is 6.08 Å². The number of rotatable bonds is 7. The minimum absolute atomic E-state index is 0.0526. The number of aryl methyl sites for hydroxylation is 1. The standard InChI is InChI=1S/C22H21BrCl2F3INO/c1-4-19(29-3)30-21(31)15-7-5-13(9-12(15)2)6-8-16(22(26,27)28)14-10-17(24)20(23)18(25)11-14/h5-11,16,19H,4H2,1-3H3,(H,30,31)/q-1/b8-6+/t16?,19-/m1/s1. The molecular formula is C22H21BrCl2F3INO-. The molecule has 0 heterocycles. The summed E-state index contributed by atoms with van der Waals surface area (Å²) in [6.45, 7) is 3.79. The van der Waals surface area contributed by atoms with Crippen LogP contribution in [0, 0.1) is 6.92 Å².